The van der Waals surface area contributed by atoms with Crippen LogP contribution in [0.15, 0.2) is 29.3 Å². The lowest BCUT2D eigenvalue weighted by atomic mass is 9.96. The Bertz CT molecular complexity index is 350. The molecule has 0 saturated carbocycles. The van der Waals surface area contributed by atoms with Crippen LogP contribution in [0.5, 0.6) is 0 Å². The highest BCUT2D eigenvalue weighted by atomic mass is 35.5. The fraction of sp³-hybridized carbons (Fsp3) is 0.364. The van der Waals surface area contributed by atoms with Crippen LogP contribution in [0.2, 0.25) is 5.02 Å². The molecule has 0 aliphatic heterocycles. The molecule has 0 N–H and O–H groups in total. The summed E-state index contributed by atoms with van der Waals surface area (Å²) < 4.78 is 0. The molecule has 2 nitrogen and oxygen atoms in total. The molecule has 0 unspecified atom stereocenters. The molecule has 0 aliphatic carbocycles. The van der Waals surface area contributed by atoms with Crippen molar-refractivity contribution in [3.63, 3.8) is 0 Å². The molecule has 14 heavy (non-hydrogen) atoms. The average Bonchev–Trinajstić information content (AvgIpc) is 2.08. The van der Waals surface area contributed by atoms with Gasteiger partial charge < -0.3 is 0 Å². The van der Waals surface area contributed by atoms with Gasteiger partial charge in [0.2, 0.25) is 6.08 Å². The topological polar surface area (TPSA) is 29.4 Å². The number of hydrogen-bond donors (Lipinski definition) is 0. The molecule has 0 fully saturated rings. The van der Waals surface area contributed by atoms with Gasteiger partial charge in [0.05, 0.1) is 5.54 Å². The van der Waals surface area contributed by atoms with Gasteiger partial charge in [0.1, 0.15) is 0 Å². The van der Waals surface area contributed by atoms with Crippen LogP contribution in [0, 0.1) is 0 Å². The predicted molar refractivity (Wildman–Crippen MR) is 57.4 cm³/mol. The van der Waals surface area contributed by atoms with Crippen LogP contribution < -0.4 is 0 Å². The molecule has 74 valence electrons. The zero-order valence-electron chi connectivity index (χ0n) is 8.25. The third-order valence-corrected chi connectivity index (χ3v) is 2.15. The summed E-state index contributed by atoms with van der Waals surface area (Å²) in [6, 6.07) is 7.53. The van der Waals surface area contributed by atoms with Crippen molar-refractivity contribution in [1.29, 1.82) is 0 Å². The average molecular weight is 210 g/mol. The van der Waals surface area contributed by atoms with Crippen LogP contribution in [0.25, 0.3) is 0 Å². The maximum absolute atomic E-state index is 10.2. The van der Waals surface area contributed by atoms with E-state index in [1.807, 2.05) is 38.1 Å². The first-order valence-electron chi connectivity index (χ1n) is 4.37. The Balaban J connectivity index is 2.78. The first-order valence-corrected chi connectivity index (χ1v) is 4.75. The van der Waals surface area contributed by atoms with E-state index in [0.717, 1.165) is 5.56 Å². The number of rotatable bonds is 3. The van der Waals surface area contributed by atoms with Gasteiger partial charge >= 0.3 is 0 Å². The van der Waals surface area contributed by atoms with Crippen LogP contribution in [0.1, 0.15) is 19.4 Å². The predicted octanol–water partition coefficient (Wildman–Crippen LogP) is 3.00. The van der Waals surface area contributed by atoms with Gasteiger partial charge in [0.25, 0.3) is 0 Å². The quantitative estimate of drug-likeness (QED) is 0.556. The first-order chi connectivity index (χ1) is 6.53. The van der Waals surface area contributed by atoms with Crippen molar-refractivity contribution in [2.24, 2.45) is 4.99 Å². The second-order valence-corrected chi connectivity index (χ2v) is 4.26. The first kappa shape index (κ1) is 11.0. The molecule has 0 aliphatic rings. The third kappa shape index (κ3) is 3.33. The van der Waals surface area contributed by atoms with Crippen LogP contribution in [-0.4, -0.2) is 11.6 Å². The van der Waals surface area contributed by atoms with E-state index in [1.54, 1.807) is 6.08 Å². The second kappa shape index (κ2) is 4.41. The SMILES string of the molecule is CC(C)(Cc1ccc(Cl)cc1)N=C=O. The fourth-order valence-electron chi connectivity index (χ4n) is 1.26. The zero-order chi connectivity index (χ0) is 10.6. The monoisotopic (exact) mass is 209 g/mol. The molecule has 0 bridgehead atoms. The van der Waals surface area contributed by atoms with E-state index in [2.05, 4.69) is 4.99 Å². The van der Waals surface area contributed by atoms with E-state index >= 15 is 0 Å². The zero-order valence-corrected chi connectivity index (χ0v) is 9.01. The summed E-state index contributed by atoms with van der Waals surface area (Å²) in [7, 11) is 0. The number of benzene rings is 1. The number of hydrogen-bond acceptors (Lipinski definition) is 2. The van der Waals surface area contributed by atoms with E-state index in [0.29, 0.717) is 11.4 Å². The number of isocyanates is 1. The Morgan fingerprint density at radius 1 is 1.36 bits per heavy atom. The van der Waals surface area contributed by atoms with Crippen molar-refractivity contribution in [3.8, 4) is 0 Å². The molecule has 1 aromatic rings. The smallest absolute Gasteiger partial charge is 0.211 e. The molecular formula is C11H12ClNO. The molecule has 0 heterocycles. The largest absolute Gasteiger partial charge is 0.235 e. The second-order valence-electron chi connectivity index (χ2n) is 3.82. The molecule has 0 saturated heterocycles. The molecular weight excluding hydrogens is 198 g/mol. The Labute approximate surface area is 88.6 Å². The highest BCUT2D eigenvalue weighted by molar-refractivity contribution is 6.30. The van der Waals surface area contributed by atoms with Crippen LogP contribution >= 0.6 is 11.6 Å². The molecule has 3 heteroatoms. The van der Waals surface area contributed by atoms with Crippen molar-refractivity contribution in [3.05, 3.63) is 34.9 Å². The van der Waals surface area contributed by atoms with Crippen molar-refractivity contribution in [1.82, 2.24) is 0 Å². The molecule has 0 amide bonds. The van der Waals surface area contributed by atoms with Gasteiger partial charge in [0, 0.05) is 5.02 Å². The van der Waals surface area contributed by atoms with Gasteiger partial charge in [-0.3, -0.25) is 0 Å². The minimum atomic E-state index is -0.393. The summed E-state index contributed by atoms with van der Waals surface area (Å²) >= 11 is 5.76. The molecule has 1 aromatic carbocycles. The number of carbonyl (C=O) groups excluding carboxylic acids is 1. The Morgan fingerprint density at radius 3 is 2.43 bits per heavy atom. The summed E-state index contributed by atoms with van der Waals surface area (Å²) in [5.41, 5.74) is 0.716. The summed E-state index contributed by atoms with van der Waals surface area (Å²) in [6.45, 7) is 3.79. The van der Waals surface area contributed by atoms with E-state index in [1.165, 1.54) is 0 Å². The summed E-state index contributed by atoms with van der Waals surface area (Å²) in [6.07, 6.45) is 2.30. The van der Waals surface area contributed by atoms with Gasteiger partial charge in [-0.05, 0) is 38.0 Å². The maximum Gasteiger partial charge on any atom is 0.235 e. The highest BCUT2D eigenvalue weighted by Gasteiger charge is 2.16. The van der Waals surface area contributed by atoms with Gasteiger partial charge in [-0.15, -0.1) is 0 Å². The lowest BCUT2D eigenvalue weighted by molar-refractivity contribution is 0.501. The fourth-order valence-corrected chi connectivity index (χ4v) is 1.39. The summed E-state index contributed by atoms with van der Waals surface area (Å²) in [5.74, 6) is 0. The van der Waals surface area contributed by atoms with Crippen LogP contribution in [0.3, 0.4) is 0 Å². The Hall–Kier alpha value is -1.11. The highest BCUT2D eigenvalue weighted by Crippen LogP contribution is 2.18. The van der Waals surface area contributed by atoms with Crippen LogP contribution in [0.4, 0.5) is 0 Å². The molecule has 0 aromatic heterocycles. The van der Waals surface area contributed by atoms with Crippen molar-refractivity contribution < 1.29 is 4.79 Å². The lowest BCUT2D eigenvalue weighted by Crippen LogP contribution is -2.19. The van der Waals surface area contributed by atoms with E-state index in [4.69, 9.17) is 11.6 Å². The van der Waals surface area contributed by atoms with Crippen LogP contribution in [-0.2, 0) is 11.2 Å². The van der Waals surface area contributed by atoms with Gasteiger partial charge in [-0.1, -0.05) is 23.7 Å². The molecule has 0 spiro atoms. The number of halogens is 1. The molecule has 1 rings (SSSR count). The minimum Gasteiger partial charge on any atom is -0.211 e. The molecule has 0 radical (unpaired) electrons. The van der Waals surface area contributed by atoms with E-state index in [-0.39, 0.29) is 0 Å². The minimum absolute atomic E-state index is 0.393. The normalized spacial score (nSPS) is 10.8. The number of nitrogens with zero attached hydrogens (tertiary/aromatic N) is 1. The van der Waals surface area contributed by atoms with Crippen molar-refractivity contribution in [2.75, 3.05) is 0 Å². The number of aliphatic imine (C=N–C) groups is 1. The maximum atomic E-state index is 10.2. The lowest BCUT2D eigenvalue weighted by Gasteiger charge is -2.16. The van der Waals surface area contributed by atoms with E-state index < -0.39 is 5.54 Å². The van der Waals surface area contributed by atoms with Gasteiger partial charge in [0.15, 0.2) is 0 Å². The van der Waals surface area contributed by atoms with Crippen molar-refractivity contribution >= 4 is 17.7 Å². The van der Waals surface area contributed by atoms with Gasteiger partial charge in [-0.2, -0.15) is 4.99 Å². The standard InChI is InChI=1S/C11H12ClNO/c1-11(2,13-8-14)7-9-3-5-10(12)6-4-9/h3-6H,7H2,1-2H3. The summed E-state index contributed by atoms with van der Waals surface area (Å²) in [5, 5.41) is 0.713. The van der Waals surface area contributed by atoms with E-state index in [9.17, 15) is 4.79 Å². The van der Waals surface area contributed by atoms with Gasteiger partial charge in [-0.25, -0.2) is 4.79 Å². The Morgan fingerprint density at radius 2 is 1.93 bits per heavy atom. The summed E-state index contributed by atoms with van der Waals surface area (Å²) in [4.78, 5) is 13.9. The van der Waals surface area contributed by atoms with Crippen molar-refractivity contribution in [2.45, 2.75) is 25.8 Å². The third-order valence-electron chi connectivity index (χ3n) is 1.90. The molecule has 0 atom stereocenters. The Kier molecular flexibility index (Phi) is 3.45.